The average Bonchev–Trinajstić information content (AvgIpc) is 2.72. The third-order valence-electron chi connectivity index (χ3n) is 2.84. The van der Waals surface area contributed by atoms with Crippen LogP contribution in [0.25, 0.3) is 0 Å². The van der Waals surface area contributed by atoms with Gasteiger partial charge in [0.2, 0.25) is 0 Å². The van der Waals surface area contributed by atoms with Crippen LogP contribution in [0.5, 0.6) is 0 Å². The molecule has 1 aliphatic rings. The van der Waals surface area contributed by atoms with Crippen molar-refractivity contribution in [1.29, 1.82) is 0 Å². The Morgan fingerprint density at radius 1 is 1.33 bits per heavy atom. The summed E-state index contributed by atoms with van der Waals surface area (Å²) >= 11 is 0. The van der Waals surface area contributed by atoms with Gasteiger partial charge in [-0.25, -0.2) is 4.79 Å². The van der Waals surface area contributed by atoms with E-state index in [0.717, 1.165) is 0 Å². The molecule has 0 aromatic heterocycles. The first-order chi connectivity index (χ1) is 8.24. The standard InChI is InChI=1S/C12H21NO5/c1-4-13(7-12(2,3)17)10(14)8-5-6-9(18-8)11(15)16/h8-9,17H,4-7H2,1-3H3,(H,15,16). The zero-order chi connectivity index (χ0) is 13.9. The van der Waals surface area contributed by atoms with Crippen molar-refractivity contribution in [2.75, 3.05) is 13.1 Å². The number of nitrogens with zero attached hydrogens (tertiary/aromatic N) is 1. The van der Waals surface area contributed by atoms with E-state index in [-0.39, 0.29) is 12.5 Å². The van der Waals surface area contributed by atoms with Crippen LogP contribution in [-0.2, 0) is 14.3 Å². The third-order valence-corrected chi connectivity index (χ3v) is 2.84. The molecule has 1 saturated heterocycles. The lowest BCUT2D eigenvalue weighted by Crippen LogP contribution is -2.46. The third kappa shape index (κ3) is 3.96. The Balaban J connectivity index is 2.60. The van der Waals surface area contributed by atoms with Gasteiger partial charge in [0, 0.05) is 13.1 Å². The van der Waals surface area contributed by atoms with Crippen LogP contribution >= 0.6 is 0 Å². The maximum Gasteiger partial charge on any atom is 0.332 e. The Hall–Kier alpha value is -1.14. The first-order valence-electron chi connectivity index (χ1n) is 6.14. The van der Waals surface area contributed by atoms with Crippen LogP contribution in [0.2, 0.25) is 0 Å². The fourth-order valence-electron chi connectivity index (χ4n) is 2.02. The maximum absolute atomic E-state index is 12.1. The molecule has 2 N–H and O–H groups in total. The summed E-state index contributed by atoms with van der Waals surface area (Å²) in [4.78, 5) is 24.4. The van der Waals surface area contributed by atoms with E-state index in [1.165, 1.54) is 4.90 Å². The van der Waals surface area contributed by atoms with E-state index in [1.54, 1.807) is 13.8 Å². The Kier molecular flexibility index (Phi) is 4.70. The van der Waals surface area contributed by atoms with Gasteiger partial charge in [0.05, 0.1) is 5.60 Å². The van der Waals surface area contributed by atoms with E-state index in [9.17, 15) is 14.7 Å². The summed E-state index contributed by atoms with van der Waals surface area (Å²) in [7, 11) is 0. The topological polar surface area (TPSA) is 87.1 Å². The molecule has 0 aromatic carbocycles. The summed E-state index contributed by atoms with van der Waals surface area (Å²) in [5, 5.41) is 18.5. The van der Waals surface area contributed by atoms with Gasteiger partial charge >= 0.3 is 5.97 Å². The summed E-state index contributed by atoms with van der Waals surface area (Å²) in [6, 6.07) is 0. The molecule has 18 heavy (non-hydrogen) atoms. The number of amides is 1. The van der Waals surface area contributed by atoms with E-state index in [1.807, 2.05) is 6.92 Å². The van der Waals surface area contributed by atoms with Gasteiger partial charge in [0.25, 0.3) is 5.91 Å². The lowest BCUT2D eigenvalue weighted by Gasteiger charge is -2.29. The van der Waals surface area contributed by atoms with Crippen molar-refractivity contribution in [3.8, 4) is 0 Å². The van der Waals surface area contributed by atoms with Gasteiger partial charge in [0.1, 0.15) is 6.10 Å². The number of hydrogen-bond acceptors (Lipinski definition) is 4. The van der Waals surface area contributed by atoms with Crippen LogP contribution in [0.15, 0.2) is 0 Å². The number of likely N-dealkylation sites (N-methyl/N-ethyl adjacent to an activating group) is 1. The normalized spacial score (nSPS) is 24.0. The molecule has 1 aliphatic heterocycles. The average molecular weight is 259 g/mol. The molecule has 2 atom stereocenters. The maximum atomic E-state index is 12.1. The second-order valence-electron chi connectivity index (χ2n) is 5.19. The second-order valence-corrected chi connectivity index (χ2v) is 5.19. The summed E-state index contributed by atoms with van der Waals surface area (Å²) < 4.78 is 5.21. The van der Waals surface area contributed by atoms with Gasteiger partial charge < -0.3 is 19.8 Å². The van der Waals surface area contributed by atoms with Crippen molar-refractivity contribution < 1.29 is 24.5 Å². The molecule has 6 heteroatoms. The van der Waals surface area contributed by atoms with Gasteiger partial charge in [-0.3, -0.25) is 4.79 Å². The SMILES string of the molecule is CCN(CC(C)(C)O)C(=O)C1CCC(C(=O)O)O1. The number of carboxylic acid groups (broad SMARTS) is 1. The number of aliphatic carboxylic acids is 1. The highest BCUT2D eigenvalue weighted by Crippen LogP contribution is 2.22. The van der Waals surface area contributed by atoms with Crippen molar-refractivity contribution in [3.63, 3.8) is 0 Å². The first-order valence-corrected chi connectivity index (χ1v) is 6.14. The number of carbonyl (C=O) groups is 2. The van der Waals surface area contributed by atoms with Crippen molar-refractivity contribution >= 4 is 11.9 Å². The minimum absolute atomic E-state index is 0.208. The van der Waals surface area contributed by atoms with E-state index in [0.29, 0.717) is 19.4 Å². The second kappa shape index (κ2) is 5.67. The lowest BCUT2D eigenvalue weighted by molar-refractivity contribution is -0.155. The van der Waals surface area contributed by atoms with Gasteiger partial charge in [-0.05, 0) is 33.6 Å². The number of aliphatic hydroxyl groups is 1. The van der Waals surface area contributed by atoms with Crippen molar-refractivity contribution in [1.82, 2.24) is 4.90 Å². The summed E-state index contributed by atoms with van der Waals surface area (Å²) in [5.74, 6) is -1.28. The Morgan fingerprint density at radius 2 is 1.89 bits per heavy atom. The molecule has 0 saturated carbocycles. The van der Waals surface area contributed by atoms with Gasteiger partial charge in [0.15, 0.2) is 6.10 Å². The summed E-state index contributed by atoms with van der Waals surface area (Å²) in [5.41, 5.74) is -0.976. The monoisotopic (exact) mass is 259 g/mol. The minimum Gasteiger partial charge on any atom is -0.479 e. The Bertz CT molecular complexity index is 323. The summed E-state index contributed by atoms with van der Waals surface area (Å²) in [6.07, 6.45) is -0.822. The number of rotatable bonds is 5. The van der Waals surface area contributed by atoms with Gasteiger partial charge in [-0.2, -0.15) is 0 Å². The molecule has 0 aliphatic carbocycles. The molecular formula is C12H21NO5. The molecule has 0 radical (unpaired) electrons. The zero-order valence-corrected chi connectivity index (χ0v) is 11.0. The molecule has 1 rings (SSSR count). The van der Waals surface area contributed by atoms with Crippen LogP contribution in [0.3, 0.4) is 0 Å². The number of hydrogen-bond donors (Lipinski definition) is 2. The van der Waals surface area contributed by atoms with Crippen LogP contribution < -0.4 is 0 Å². The zero-order valence-electron chi connectivity index (χ0n) is 11.0. The lowest BCUT2D eigenvalue weighted by atomic mass is 10.1. The quantitative estimate of drug-likeness (QED) is 0.738. The van der Waals surface area contributed by atoms with Crippen LogP contribution in [0.1, 0.15) is 33.6 Å². The highest BCUT2D eigenvalue weighted by Gasteiger charge is 2.37. The Morgan fingerprint density at radius 3 is 2.28 bits per heavy atom. The van der Waals surface area contributed by atoms with Gasteiger partial charge in [-0.1, -0.05) is 0 Å². The minimum atomic E-state index is -1.03. The fourth-order valence-corrected chi connectivity index (χ4v) is 2.02. The molecule has 1 fully saturated rings. The van der Waals surface area contributed by atoms with E-state index in [4.69, 9.17) is 9.84 Å². The smallest absolute Gasteiger partial charge is 0.332 e. The Labute approximate surface area is 107 Å². The van der Waals surface area contributed by atoms with Crippen LogP contribution in [0, 0.1) is 0 Å². The molecule has 6 nitrogen and oxygen atoms in total. The molecular weight excluding hydrogens is 238 g/mol. The molecule has 0 aromatic rings. The first kappa shape index (κ1) is 14.9. The predicted molar refractivity (Wildman–Crippen MR) is 64.1 cm³/mol. The van der Waals surface area contributed by atoms with Crippen molar-refractivity contribution in [2.45, 2.75) is 51.4 Å². The van der Waals surface area contributed by atoms with E-state index in [2.05, 4.69) is 0 Å². The summed E-state index contributed by atoms with van der Waals surface area (Å²) in [6.45, 7) is 5.73. The molecule has 0 bridgehead atoms. The van der Waals surface area contributed by atoms with Crippen LogP contribution in [0.4, 0.5) is 0 Å². The van der Waals surface area contributed by atoms with Crippen molar-refractivity contribution in [3.05, 3.63) is 0 Å². The molecule has 1 amide bonds. The largest absolute Gasteiger partial charge is 0.479 e. The highest BCUT2D eigenvalue weighted by atomic mass is 16.5. The number of ether oxygens (including phenoxy) is 1. The molecule has 2 unspecified atom stereocenters. The fraction of sp³-hybridized carbons (Fsp3) is 0.833. The molecule has 0 spiro atoms. The van der Waals surface area contributed by atoms with E-state index >= 15 is 0 Å². The molecule has 1 heterocycles. The van der Waals surface area contributed by atoms with Gasteiger partial charge in [-0.15, -0.1) is 0 Å². The van der Waals surface area contributed by atoms with Crippen LogP contribution in [-0.4, -0.2) is 57.9 Å². The van der Waals surface area contributed by atoms with E-state index < -0.39 is 23.8 Å². The number of carbonyl (C=O) groups excluding carboxylic acids is 1. The predicted octanol–water partition coefficient (Wildman–Crippen LogP) is 0.238. The number of carboxylic acids is 1. The van der Waals surface area contributed by atoms with Crippen molar-refractivity contribution in [2.24, 2.45) is 0 Å². The molecule has 104 valence electrons. The highest BCUT2D eigenvalue weighted by molar-refractivity contribution is 5.82.